The first-order valence-corrected chi connectivity index (χ1v) is 10.0. The summed E-state index contributed by atoms with van der Waals surface area (Å²) in [5.74, 6) is -0.467. The number of benzene rings is 1. The number of rotatable bonds is 7. The zero-order chi connectivity index (χ0) is 21.9. The Kier molecular flexibility index (Phi) is 6.99. The van der Waals surface area contributed by atoms with E-state index in [2.05, 4.69) is 5.32 Å². The Morgan fingerprint density at radius 1 is 1.40 bits per heavy atom. The standard InChI is InChI=1S/C20H27F3N4O3/c1-26(11-13-3-2-4-13)17(10-24)19(29)25-14-5-6-16(15(9-14)20(21,22)23)27-7-8-30-12-18(27)28/h5-6,9,13,17H,2-4,7-8,10-12,24H2,1H3,(H,25,29)/t17-/m0/s1. The van der Waals surface area contributed by atoms with Crippen LogP contribution in [0.15, 0.2) is 18.2 Å². The second-order valence-corrected chi connectivity index (χ2v) is 7.80. The van der Waals surface area contributed by atoms with Crippen molar-refractivity contribution in [1.29, 1.82) is 0 Å². The lowest BCUT2D eigenvalue weighted by atomic mass is 9.85. The fourth-order valence-corrected chi connectivity index (χ4v) is 3.77. The molecule has 0 spiro atoms. The molecule has 1 atom stereocenters. The monoisotopic (exact) mass is 428 g/mol. The molecule has 1 saturated carbocycles. The number of nitrogens with two attached hydrogens (primary N) is 1. The van der Waals surface area contributed by atoms with Gasteiger partial charge < -0.3 is 20.7 Å². The minimum absolute atomic E-state index is 0.00674. The van der Waals surface area contributed by atoms with Gasteiger partial charge in [0.05, 0.1) is 17.9 Å². The highest BCUT2D eigenvalue weighted by atomic mass is 19.4. The topological polar surface area (TPSA) is 87.9 Å². The summed E-state index contributed by atoms with van der Waals surface area (Å²) in [6.45, 7) is 0.714. The van der Waals surface area contributed by atoms with Gasteiger partial charge in [-0.05, 0) is 44.0 Å². The maximum Gasteiger partial charge on any atom is 0.418 e. The lowest BCUT2D eigenvalue weighted by molar-refractivity contribution is -0.137. The van der Waals surface area contributed by atoms with Gasteiger partial charge in [-0.25, -0.2) is 0 Å². The number of ether oxygens (including phenoxy) is 1. The summed E-state index contributed by atoms with van der Waals surface area (Å²) in [4.78, 5) is 27.6. The van der Waals surface area contributed by atoms with Crippen LogP contribution in [0.4, 0.5) is 24.5 Å². The van der Waals surface area contributed by atoms with Crippen molar-refractivity contribution in [2.24, 2.45) is 11.7 Å². The highest BCUT2D eigenvalue weighted by Crippen LogP contribution is 2.38. The van der Waals surface area contributed by atoms with Crippen LogP contribution in [0.2, 0.25) is 0 Å². The number of nitrogens with zero attached hydrogens (tertiary/aromatic N) is 2. The van der Waals surface area contributed by atoms with E-state index in [-0.39, 0.29) is 37.7 Å². The van der Waals surface area contributed by atoms with Crippen LogP contribution in [0.25, 0.3) is 0 Å². The van der Waals surface area contributed by atoms with Crippen LogP contribution in [0.3, 0.4) is 0 Å². The first-order chi connectivity index (χ1) is 14.2. The first-order valence-electron chi connectivity index (χ1n) is 10.0. The summed E-state index contributed by atoms with van der Waals surface area (Å²) in [7, 11) is 1.80. The zero-order valence-electron chi connectivity index (χ0n) is 16.9. The van der Waals surface area contributed by atoms with Gasteiger partial charge in [0.1, 0.15) is 12.6 Å². The molecule has 2 aliphatic rings. The average Bonchev–Trinajstić information content (AvgIpc) is 2.65. The fraction of sp³-hybridized carbons (Fsp3) is 0.600. The highest BCUT2D eigenvalue weighted by Gasteiger charge is 2.37. The van der Waals surface area contributed by atoms with Gasteiger partial charge in [0.25, 0.3) is 5.91 Å². The number of halogens is 3. The van der Waals surface area contributed by atoms with E-state index in [0.29, 0.717) is 5.92 Å². The third kappa shape index (κ3) is 5.11. The van der Waals surface area contributed by atoms with Crippen LogP contribution in [0, 0.1) is 5.92 Å². The van der Waals surface area contributed by atoms with Crippen LogP contribution in [-0.4, -0.2) is 62.7 Å². The van der Waals surface area contributed by atoms with E-state index in [0.717, 1.165) is 30.4 Å². The summed E-state index contributed by atoms with van der Waals surface area (Å²) in [6.07, 6.45) is -1.29. The van der Waals surface area contributed by atoms with E-state index < -0.39 is 29.6 Å². The molecule has 2 amide bonds. The molecule has 1 aliphatic heterocycles. The average molecular weight is 428 g/mol. The number of amides is 2. The van der Waals surface area contributed by atoms with Crippen LogP contribution in [-0.2, 0) is 20.5 Å². The normalized spacial score (nSPS) is 19.0. The maximum atomic E-state index is 13.7. The van der Waals surface area contributed by atoms with Crippen molar-refractivity contribution in [2.45, 2.75) is 31.5 Å². The third-order valence-electron chi connectivity index (χ3n) is 5.68. The van der Waals surface area contributed by atoms with E-state index in [1.165, 1.54) is 18.6 Å². The van der Waals surface area contributed by atoms with Gasteiger partial charge in [-0.15, -0.1) is 0 Å². The Hall–Kier alpha value is -2.17. The molecule has 0 radical (unpaired) electrons. The zero-order valence-corrected chi connectivity index (χ0v) is 16.9. The first kappa shape index (κ1) is 22.5. The van der Waals surface area contributed by atoms with Gasteiger partial charge in [0.15, 0.2) is 0 Å². The number of carbonyl (C=O) groups is 2. The number of morpholine rings is 1. The molecular formula is C20H27F3N4O3. The summed E-state index contributed by atoms with van der Waals surface area (Å²) in [5.41, 5.74) is 4.54. The second-order valence-electron chi connectivity index (χ2n) is 7.80. The molecule has 1 aromatic rings. The van der Waals surface area contributed by atoms with Crippen LogP contribution >= 0.6 is 0 Å². The molecule has 10 heteroatoms. The van der Waals surface area contributed by atoms with Gasteiger partial charge in [0, 0.05) is 25.3 Å². The van der Waals surface area contributed by atoms with Gasteiger partial charge in [-0.3, -0.25) is 14.5 Å². The lowest BCUT2D eigenvalue weighted by Crippen LogP contribution is -2.49. The smallest absolute Gasteiger partial charge is 0.370 e. The Balaban J connectivity index is 1.78. The maximum absolute atomic E-state index is 13.7. The molecule has 0 unspecified atom stereocenters. The Labute approximate surface area is 173 Å². The minimum Gasteiger partial charge on any atom is -0.370 e. The quantitative estimate of drug-likeness (QED) is 0.694. The number of anilines is 2. The largest absolute Gasteiger partial charge is 0.418 e. The number of hydrogen-bond donors (Lipinski definition) is 2. The van der Waals surface area contributed by atoms with E-state index in [1.54, 1.807) is 7.05 Å². The summed E-state index contributed by atoms with van der Waals surface area (Å²) in [6, 6.07) is 2.79. The Morgan fingerprint density at radius 2 is 2.13 bits per heavy atom. The van der Waals surface area contributed by atoms with Gasteiger partial charge in [0.2, 0.25) is 5.91 Å². The lowest BCUT2D eigenvalue weighted by Gasteiger charge is -2.33. The summed E-state index contributed by atoms with van der Waals surface area (Å²) < 4.78 is 46.0. The van der Waals surface area contributed by atoms with Crippen molar-refractivity contribution in [2.75, 3.05) is 50.1 Å². The molecule has 1 saturated heterocycles. The molecule has 0 bridgehead atoms. The SMILES string of the molecule is CN(CC1CCC1)[C@@H](CN)C(=O)Nc1ccc(N2CCOCC2=O)c(C(F)(F)F)c1. The molecule has 3 N–H and O–H groups in total. The third-order valence-corrected chi connectivity index (χ3v) is 5.68. The Bertz CT molecular complexity index is 783. The van der Waals surface area contributed by atoms with E-state index in [1.807, 2.05) is 4.90 Å². The van der Waals surface area contributed by atoms with E-state index >= 15 is 0 Å². The molecule has 30 heavy (non-hydrogen) atoms. The number of hydrogen-bond acceptors (Lipinski definition) is 5. The minimum atomic E-state index is -4.69. The van der Waals surface area contributed by atoms with Crippen LogP contribution < -0.4 is 16.0 Å². The van der Waals surface area contributed by atoms with Gasteiger partial charge in [-0.2, -0.15) is 13.2 Å². The summed E-state index contributed by atoms with van der Waals surface area (Å²) >= 11 is 0. The number of alkyl halides is 3. The number of likely N-dealkylation sites (N-methyl/N-ethyl adjacent to an activating group) is 1. The number of carbonyl (C=O) groups excluding carboxylic acids is 2. The molecule has 0 aromatic heterocycles. The van der Waals surface area contributed by atoms with Crippen molar-refractivity contribution in [3.63, 3.8) is 0 Å². The molecular weight excluding hydrogens is 401 g/mol. The molecule has 1 aliphatic carbocycles. The van der Waals surface area contributed by atoms with Crippen molar-refractivity contribution in [3.8, 4) is 0 Å². The van der Waals surface area contributed by atoms with E-state index in [4.69, 9.17) is 10.5 Å². The van der Waals surface area contributed by atoms with Crippen molar-refractivity contribution < 1.29 is 27.5 Å². The predicted octanol–water partition coefficient (Wildman–Crippen LogP) is 2.07. The fourth-order valence-electron chi connectivity index (χ4n) is 3.77. The van der Waals surface area contributed by atoms with Gasteiger partial charge in [-0.1, -0.05) is 6.42 Å². The molecule has 2 fully saturated rings. The van der Waals surface area contributed by atoms with Gasteiger partial charge >= 0.3 is 6.18 Å². The molecule has 3 rings (SSSR count). The molecule has 1 aromatic carbocycles. The van der Waals surface area contributed by atoms with Crippen molar-refractivity contribution in [3.05, 3.63) is 23.8 Å². The number of nitrogens with one attached hydrogen (secondary N) is 1. The molecule has 7 nitrogen and oxygen atoms in total. The Morgan fingerprint density at radius 3 is 2.70 bits per heavy atom. The van der Waals surface area contributed by atoms with Crippen molar-refractivity contribution >= 4 is 23.2 Å². The highest BCUT2D eigenvalue weighted by molar-refractivity contribution is 5.98. The van der Waals surface area contributed by atoms with Crippen molar-refractivity contribution in [1.82, 2.24) is 4.90 Å². The summed E-state index contributed by atoms with van der Waals surface area (Å²) in [5, 5.41) is 2.55. The predicted molar refractivity (Wildman–Crippen MR) is 106 cm³/mol. The second kappa shape index (κ2) is 9.32. The molecule has 1 heterocycles. The van der Waals surface area contributed by atoms with Crippen LogP contribution in [0.1, 0.15) is 24.8 Å². The van der Waals surface area contributed by atoms with Crippen LogP contribution in [0.5, 0.6) is 0 Å². The van der Waals surface area contributed by atoms with E-state index in [9.17, 15) is 22.8 Å². The molecule has 166 valence electrons.